The third-order valence-electron chi connectivity index (χ3n) is 2.61. The molecule has 1 amide bonds. The van der Waals surface area contributed by atoms with Gasteiger partial charge in [-0.25, -0.2) is 0 Å². The third kappa shape index (κ3) is 4.79. The molecule has 0 aliphatic heterocycles. The van der Waals surface area contributed by atoms with Crippen molar-refractivity contribution in [1.82, 2.24) is 4.90 Å². The molecule has 0 aliphatic carbocycles. The zero-order valence-electron chi connectivity index (χ0n) is 11.7. The molecule has 1 aromatic rings. The van der Waals surface area contributed by atoms with Crippen molar-refractivity contribution in [3.05, 3.63) is 24.3 Å². The lowest BCUT2D eigenvalue weighted by molar-refractivity contribution is -0.147. The molecule has 0 aliphatic rings. The Kier molecular flexibility index (Phi) is 6.36. The Bertz CT molecular complexity index is 461. The molecule has 0 bridgehead atoms. The Morgan fingerprint density at radius 1 is 1.30 bits per heavy atom. The maximum absolute atomic E-state index is 12.0. The predicted molar refractivity (Wildman–Crippen MR) is 72.5 cm³/mol. The Hall–Kier alpha value is -2.24. The van der Waals surface area contributed by atoms with E-state index in [0.29, 0.717) is 6.54 Å². The number of methoxy groups -OCH3 is 1. The van der Waals surface area contributed by atoms with Gasteiger partial charge in [0, 0.05) is 6.54 Å². The van der Waals surface area contributed by atoms with Gasteiger partial charge in [-0.2, -0.15) is 0 Å². The molecule has 0 unspecified atom stereocenters. The van der Waals surface area contributed by atoms with Gasteiger partial charge in [0.2, 0.25) is 0 Å². The van der Waals surface area contributed by atoms with Crippen LogP contribution < -0.4 is 4.74 Å². The van der Waals surface area contributed by atoms with Crippen LogP contribution in [-0.2, 0) is 14.3 Å². The molecule has 0 saturated heterocycles. The molecular weight excluding hydrogens is 262 g/mol. The molecule has 110 valence electrons. The maximum atomic E-state index is 12.0. The van der Waals surface area contributed by atoms with Crippen LogP contribution in [0.4, 0.5) is 0 Å². The van der Waals surface area contributed by atoms with Gasteiger partial charge < -0.3 is 19.5 Å². The summed E-state index contributed by atoms with van der Waals surface area (Å²) in [6.07, 6.45) is 0.722. The number of aromatic hydroxyl groups is 1. The normalized spacial score (nSPS) is 9.90. The minimum Gasteiger partial charge on any atom is -0.504 e. The molecule has 0 aromatic heterocycles. The van der Waals surface area contributed by atoms with Gasteiger partial charge in [-0.3, -0.25) is 9.59 Å². The minimum atomic E-state index is -0.477. The van der Waals surface area contributed by atoms with E-state index in [0.717, 1.165) is 6.42 Å². The summed E-state index contributed by atoms with van der Waals surface area (Å²) in [5, 5.41) is 9.52. The fraction of sp³-hybridized carbons (Fsp3) is 0.429. The van der Waals surface area contributed by atoms with Crippen LogP contribution in [0.2, 0.25) is 0 Å². The monoisotopic (exact) mass is 281 g/mol. The van der Waals surface area contributed by atoms with Gasteiger partial charge in [0.15, 0.2) is 18.1 Å². The fourth-order valence-corrected chi connectivity index (χ4v) is 1.59. The third-order valence-corrected chi connectivity index (χ3v) is 2.61. The first-order chi connectivity index (χ1) is 9.58. The molecule has 20 heavy (non-hydrogen) atoms. The van der Waals surface area contributed by atoms with Crippen LogP contribution in [0.15, 0.2) is 24.3 Å². The highest BCUT2D eigenvalue weighted by Gasteiger charge is 2.17. The highest BCUT2D eigenvalue weighted by molar-refractivity contribution is 5.83. The van der Waals surface area contributed by atoms with E-state index < -0.39 is 5.97 Å². The van der Waals surface area contributed by atoms with Crippen LogP contribution in [0.3, 0.4) is 0 Å². The van der Waals surface area contributed by atoms with Crippen molar-refractivity contribution < 1.29 is 24.2 Å². The topological polar surface area (TPSA) is 76.1 Å². The molecule has 0 saturated carbocycles. The van der Waals surface area contributed by atoms with Crippen molar-refractivity contribution in [2.75, 3.05) is 26.8 Å². The highest BCUT2D eigenvalue weighted by Crippen LogP contribution is 2.24. The Morgan fingerprint density at radius 2 is 2.00 bits per heavy atom. The van der Waals surface area contributed by atoms with Gasteiger partial charge in [0.25, 0.3) is 5.91 Å². The number of esters is 1. The smallest absolute Gasteiger partial charge is 0.325 e. The van der Waals surface area contributed by atoms with Crippen LogP contribution in [0.1, 0.15) is 13.3 Å². The van der Waals surface area contributed by atoms with Crippen LogP contribution >= 0.6 is 0 Å². The van der Waals surface area contributed by atoms with Crippen molar-refractivity contribution in [3.8, 4) is 11.5 Å². The first kappa shape index (κ1) is 15.8. The van der Waals surface area contributed by atoms with E-state index in [2.05, 4.69) is 4.74 Å². The van der Waals surface area contributed by atoms with Crippen LogP contribution in [0.5, 0.6) is 11.5 Å². The second-order valence-corrected chi connectivity index (χ2v) is 4.15. The van der Waals surface area contributed by atoms with Crippen molar-refractivity contribution in [2.45, 2.75) is 13.3 Å². The Morgan fingerprint density at radius 3 is 2.60 bits per heavy atom. The van der Waals surface area contributed by atoms with Gasteiger partial charge in [-0.15, -0.1) is 0 Å². The molecule has 0 atom stereocenters. The van der Waals surface area contributed by atoms with Gasteiger partial charge >= 0.3 is 5.97 Å². The van der Waals surface area contributed by atoms with E-state index in [4.69, 9.17) is 4.74 Å². The number of nitrogens with zero attached hydrogens (tertiary/aromatic N) is 1. The van der Waals surface area contributed by atoms with Gasteiger partial charge in [0.05, 0.1) is 7.11 Å². The van der Waals surface area contributed by atoms with Crippen LogP contribution in [-0.4, -0.2) is 48.7 Å². The van der Waals surface area contributed by atoms with E-state index in [-0.39, 0.29) is 30.6 Å². The molecule has 1 aromatic carbocycles. The molecule has 1 N–H and O–H groups in total. The molecular formula is C14H19NO5. The van der Waals surface area contributed by atoms with E-state index in [9.17, 15) is 14.7 Å². The molecule has 1 rings (SSSR count). The maximum Gasteiger partial charge on any atom is 0.325 e. The second-order valence-electron chi connectivity index (χ2n) is 4.15. The molecule has 6 nitrogen and oxygen atoms in total. The van der Waals surface area contributed by atoms with Gasteiger partial charge in [-0.1, -0.05) is 19.1 Å². The van der Waals surface area contributed by atoms with Gasteiger partial charge in [0.1, 0.15) is 6.54 Å². The number of amides is 1. The molecule has 0 spiro atoms. The number of phenolic OH excluding ortho intramolecular Hbond substituents is 1. The summed E-state index contributed by atoms with van der Waals surface area (Å²) in [7, 11) is 1.27. The Balaban J connectivity index is 2.58. The fourth-order valence-electron chi connectivity index (χ4n) is 1.59. The zero-order chi connectivity index (χ0) is 15.0. The van der Waals surface area contributed by atoms with Crippen LogP contribution in [0.25, 0.3) is 0 Å². The number of ether oxygens (including phenoxy) is 2. The van der Waals surface area contributed by atoms with Crippen molar-refractivity contribution in [2.24, 2.45) is 0 Å². The molecule has 0 heterocycles. The number of hydrogen-bond donors (Lipinski definition) is 1. The van der Waals surface area contributed by atoms with E-state index in [1.54, 1.807) is 18.2 Å². The van der Waals surface area contributed by atoms with Crippen LogP contribution in [0, 0.1) is 0 Å². The summed E-state index contributed by atoms with van der Waals surface area (Å²) < 4.78 is 9.79. The number of carbonyl (C=O) groups excluding carboxylic acids is 2. The zero-order valence-corrected chi connectivity index (χ0v) is 11.7. The van der Waals surface area contributed by atoms with Gasteiger partial charge in [-0.05, 0) is 18.6 Å². The number of benzene rings is 1. The minimum absolute atomic E-state index is 0.0321. The first-order valence-corrected chi connectivity index (χ1v) is 6.33. The number of phenols is 1. The number of carbonyl (C=O) groups is 2. The lowest BCUT2D eigenvalue weighted by atomic mass is 10.3. The second kappa shape index (κ2) is 8.04. The van der Waals surface area contributed by atoms with Crippen molar-refractivity contribution in [1.29, 1.82) is 0 Å². The average Bonchev–Trinajstić information content (AvgIpc) is 2.45. The molecule has 0 radical (unpaired) electrons. The van der Waals surface area contributed by atoms with E-state index >= 15 is 0 Å². The summed E-state index contributed by atoms with van der Waals surface area (Å²) in [6, 6.07) is 6.38. The standard InChI is InChI=1S/C14H19NO5/c1-3-8-15(9-14(18)19-2)13(17)10-20-12-7-5-4-6-11(12)16/h4-7,16H,3,8-10H2,1-2H3. The lowest BCUT2D eigenvalue weighted by Gasteiger charge is -2.20. The average molecular weight is 281 g/mol. The summed E-state index contributed by atoms with van der Waals surface area (Å²) in [5.74, 6) is -0.611. The highest BCUT2D eigenvalue weighted by atomic mass is 16.5. The summed E-state index contributed by atoms with van der Waals surface area (Å²) >= 11 is 0. The predicted octanol–water partition coefficient (Wildman–Crippen LogP) is 1.18. The number of para-hydroxylation sites is 2. The first-order valence-electron chi connectivity index (χ1n) is 6.33. The Labute approximate surface area is 117 Å². The number of rotatable bonds is 7. The lowest BCUT2D eigenvalue weighted by Crippen LogP contribution is -2.39. The summed E-state index contributed by atoms with van der Waals surface area (Å²) in [5.41, 5.74) is 0. The molecule has 0 fully saturated rings. The largest absolute Gasteiger partial charge is 0.504 e. The SMILES string of the molecule is CCCN(CC(=O)OC)C(=O)COc1ccccc1O. The quantitative estimate of drug-likeness (QED) is 0.760. The summed E-state index contributed by atoms with van der Waals surface area (Å²) in [6.45, 7) is 2.00. The molecule has 6 heteroatoms. The van der Waals surface area contributed by atoms with E-state index in [1.165, 1.54) is 18.1 Å². The van der Waals surface area contributed by atoms with Crippen molar-refractivity contribution >= 4 is 11.9 Å². The summed E-state index contributed by atoms with van der Waals surface area (Å²) in [4.78, 5) is 24.6. The van der Waals surface area contributed by atoms with E-state index in [1.807, 2.05) is 6.92 Å². The van der Waals surface area contributed by atoms with Crippen molar-refractivity contribution in [3.63, 3.8) is 0 Å². The number of hydrogen-bond acceptors (Lipinski definition) is 5.